The molecule has 0 atom stereocenters. The summed E-state index contributed by atoms with van der Waals surface area (Å²) in [6.45, 7) is 12.9. The highest BCUT2D eigenvalue weighted by atomic mass is 32.2. The molecule has 2 rings (SSSR count). The first kappa shape index (κ1) is 16.2. The molecule has 1 aromatic rings. The normalized spacial score (nSPS) is 17.2. The van der Waals surface area contributed by atoms with E-state index in [4.69, 9.17) is 0 Å². The van der Waals surface area contributed by atoms with Crippen molar-refractivity contribution in [2.75, 3.05) is 26.2 Å². The molecule has 1 fully saturated rings. The minimum atomic E-state index is 1.07. The second kappa shape index (κ2) is 7.71. The van der Waals surface area contributed by atoms with Crippen LogP contribution in [-0.2, 0) is 0 Å². The van der Waals surface area contributed by atoms with Gasteiger partial charge in [-0.05, 0) is 39.3 Å². The number of rotatable bonds is 4. The van der Waals surface area contributed by atoms with Gasteiger partial charge < -0.3 is 10.2 Å². The van der Waals surface area contributed by atoms with Crippen LogP contribution in [0.1, 0.15) is 25.0 Å². The number of hydrogen-bond acceptors (Lipinski definition) is 3. The van der Waals surface area contributed by atoms with Crippen molar-refractivity contribution in [1.82, 2.24) is 10.2 Å². The minimum Gasteiger partial charge on any atom is -0.368 e. The topological polar surface area (TPSA) is 15.3 Å². The Balaban J connectivity index is 2.18. The molecule has 1 saturated heterocycles. The van der Waals surface area contributed by atoms with Crippen LogP contribution in [0.15, 0.2) is 45.8 Å². The van der Waals surface area contributed by atoms with Crippen molar-refractivity contribution in [2.24, 2.45) is 0 Å². The quantitative estimate of drug-likeness (QED) is 0.665. The van der Waals surface area contributed by atoms with E-state index in [-0.39, 0.29) is 0 Å². The number of piperazine rings is 1. The van der Waals surface area contributed by atoms with Gasteiger partial charge in [-0.3, -0.25) is 0 Å². The molecule has 0 spiro atoms. The maximum Gasteiger partial charge on any atom is 0.0462 e. The highest BCUT2D eigenvalue weighted by molar-refractivity contribution is 8.03. The SMILES string of the molecule is CC=C(Sc1ccc(C)cc1C)C(=CC)N1CCNCC1. The van der Waals surface area contributed by atoms with Crippen LogP contribution in [0.3, 0.4) is 0 Å². The van der Waals surface area contributed by atoms with Crippen LogP contribution in [-0.4, -0.2) is 31.1 Å². The van der Waals surface area contributed by atoms with Gasteiger partial charge in [-0.2, -0.15) is 0 Å². The summed E-state index contributed by atoms with van der Waals surface area (Å²) in [6.07, 6.45) is 4.48. The Kier molecular flexibility index (Phi) is 5.95. The lowest BCUT2D eigenvalue weighted by molar-refractivity contribution is 0.306. The van der Waals surface area contributed by atoms with Crippen LogP contribution < -0.4 is 5.32 Å². The van der Waals surface area contributed by atoms with Gasteiger partial charge >= 0.3 is 0 Å². The first-order valence-electron chi connectivity index (χ1n) is 7.69. The van der Waals surface area contributed by atoms with E-state index in [2.05, 4.69) is 68.3 Å². The molecule has 21 heavy (non-hydrogen) atoms. The Bertz CT molecular complexity index is 540. The third-order valence-corrected chi connectivity index (χ3v) is 5.14. The molecule has 1 aliphatic rings. The Labute approximate surface area is 133 Å². The molecule has 0 aromatic heterocycles. The Morgan fingerprint density at radius 3 is 2.43 bits per heavy atom. The Morgan fingerprint density at radius 2 is 1.86 bits per heavy atom. The van der Waals surface area contributed by atoms with Crippen molar-refractivity contribution in [2.45, 2.75) is 32.6 Å². The van der Waals surface area contributed by atoms with Crippen LogP contribution in [0, 0.1) is 13.8 Å². The average Bonchev–Trinajstić information content (AvgIpc) is 2.50. The fraction of sp³-hybridized carbons (Fsp3) is 0.444. The van der Waals surface area contributed by atoms with Gasteiger partial charge in [0.05, 0.1) is 0 Å². The van der Waals surface area contributed by atoms with E-state index in [1.807, 2.05) is 11.8 Å². The largest absolute Gasteiger partial charge is 0.368 e. The molecule has 2 nitrogen and oxygen atoms in total. The smallest absolute Gasteiger partial charge is 0.0462 e. The molecule has 1 heterocycles. The second-order valence-corrected chi connectivity index (χ2v) is 6.52. The van der Waals surface area contributed by atoms with Crippen molar-refractivity contribution in [3.63, 3.8) is 0 Å². The third-order valence-electron chi connectivity index (χ3n) is 3.80. The van der Waals surface area contributed by atoms with Gasteiger partial charge in [0.2, 0.25) is 0 Å². The lowest BCUT2D eigenvalue weighted by Gasteiger charge is -2.32. The fourth-order valence-corrected chi connectivity index (χ4v) is 3.74. The van der Waals surface area contributed by atoms with E-state index in [9.17, 15) is 0 Å². The molecule has 0 radical (unpaired) electrons. The maximum atomic E-state index is 3.42. The standard InChI is InChI=1S/C18H26N2S/c1-5-16(20-11-9-19-10-12-20)17(6-2)21-18-8-7-14(3)13-15(18)4/h5-8,13,19H,9-12H2,1-4H3. The number of allylic oxidation sites excluding steroid dienone is 2. The summed E-state index contributed by atoms with van der Waals surface area (Å²) in [5, 5.41) is 3.42. The summed E-state index contributed by atoms with van der Waals surface area (Å²) in [5.41, 5.74) is 4.05. The van der Waals surface area contributed by atoms with Gasteiger partial charge in [0.25, 0.3) is 0 Å². The number of benzene rings is 1. The summed E-state index contributed by atoms with van der Waals surface area (Å²) in [6, 6.07) is 6.70. The molecule has 1 aromatic carbocycles. The lowest BCUT2D eigenvalue weighted by atomic mass is 10.2. The van der Waals surface area contributed by atoms with Crippen molar-refractivity contribution >= 4 is 11.8 Å². The van der Waals surface area contributed by atoms with Crippen molar-refractivity contribution < 1.29 is 0 Å². The van der Waals surface area contributed by atoms with Gasteiger partial charge in [0, 0.05) is 41.7 Å². The predicted molar refractivity (Wildman–Crippen MR) is 93.7 cm³/mol. The van der Waals surface area contributed by atoms with Crippen molar-refractivity contribution in [3.05, 3.63) is 52.1 Å². The van der Waals surface area contributed by atoms with Gasteiger partial charge in [-0.1, -0.05) is 41.6 Å². The highest BCUT2D eigenvalue weighted by Crippen LogP contribution is 2.35. The minimum absolute atomic E-state index is 1.07. The monoisotopic (exact) mass is 302 g/mol. The van der Waals surface area contributed by atoms with E-state index in [1.165, 1.54) is 26.6 Å². The second-order valence-electron chi connectivity index (χ2n) is 5.43. The van der Waals surface area contributed by atoms with Crippen LogP contribution in [0.25, 0.3) is 0 Å². The fourth-order valence-electron chi connectivity index (χ4n) is 2.68. The summed E-state index contributed by atoms with van der Waals surface area (Å²) < 4.78 is 0. The summed E-state index contributed by atoms with van der Waals surface area (Å²) in [7, 11) is 0. The summed E-state index contributed by atoms with van der Waals surface area (Å²) >= 11 is 1.88. The van der Waals surface area contributed by atoms with E-state index in [1.54, 1.807) is 0 Å². The van der Waals surface area contributed by atoms with Crippen molar-refractivity contribution in [3.8, 4) is 0 Å². The van der Waals surface area contributed by atoms with Crippen LogP contribution in [0.5, 0.6) is 0 Å². The summed E-state index contributed by atoms with van der Waals surface area (Å²) in [5.74, 6) is 0. The zero-order chi connectivity index (χ0) is 15.2. The maximum absolute atomic E-state index is 3.42. The van der Waals surface area contributed by atoms with Crippen LogP contribution in [0.2, 0.25) is 0 Å². The van der Waals surface area contributed by atoms with Gasteiger partial charge in [-0.15, -0.1) is 0 Å². The molecule has 0 saturated carbocycles. The summed E-state index contributed by atoms with van der Waals surface area (Å²) in [4.78, 5) is 5.19. The molecular formula is C18H26N2S. The Hall–Kier alpha value is -1.19. The zero-order valence-corrected chi connectivity index (χ0v) is 14.4. The number of nitrogens with zero attached hydrogens (tertiary/aromatic N) is 1. The van der Waals surface area contributed by atoms with Gasteiger partial charge in [-0.25, -0.2) is 0 Å². The first-order valence-corrected chi connectivity index (χ1v) is 8.51. The molecule has 0 unspecified atom stereocenters. The van der Waals surface area contributed by atoms with Crippen LogP contribution in [0.4, 0.5) is 0 Å². The molecule has 114 valence electrons. The molecule has 3 heteroatoms. The van der Waals surface area contributed by atoms with E-state index >= 15 is 0 Å². The molecule has 0 bridgehead atoms. The number of hydrogen-bond donors (Lipinski definition) is 1. The van der Waals surface area contributed by atoms with E-state index in [0.717, 1.165) is 26.2 Å². The van der Waals surface area contributed by atoms with Crippen molar-refractivity contribution in [1.29, 1.82) is 0 Å². The third kappa shape index (κ3) is 4.14. The Morgan fingerprint density at radius 1 is 1.14 bits per heavy atom. The molecular weight excluding hydrogens is 276 g/mol. The number of nitrogens with one attached hydrogen (secondary N) is 1. The zero-order valence-electron chi connectivity index (χ0n) is 13.6. The molecule has 0 amide bonds. The molecule has 1 N–H and O–H groups in total. The van der Waals surface area contributed by atoms with Gasteiger partial charge in [0.1, 0.15) is 0 Å². The van der Waals surface area contributed by atoms with E-state index in [0.29, 0.717) is 0 Å². The number of thioether (sulfide) groups is 1. The number of aryl methyl sites for hydroxylation is 2. The lowest BCUT2D eigenvalue weighted by Crippen LogP contribution is -2.43. The van der Waals surface area contributed by atoms with E-state index < -0.39 is 0 Å². The highest BCUT2D eigenvalue weighted by Gasteiger charge is 2.16. The first-order chi connectivity index (χ1) is 10.2. The molecule has 0 aliphatic carbocycles. The predicted octanol–water partition coefficient (Wildman–Crippen LogP) is 4.11. The average molecular weight is 302 g/mol. The van der Waals surface area contributed by atoms with Crippen LogP contribution >= 0.6 is 11.8 Å². The molecule has 1 aliphatic heterocycles. The van der Waals surface area contributed by atoms with Gasteiger partial charge in [0.15, 0.2) is 0 Å².